The zero-order valence-corrected chi connectivity index (χ0v) is 13.8. The Morgan fingerprint density at radius 1 is 1.40 bits per heavy atom. The molecule has 1 N–H and O–H groups in total. The first-order valence-electron chi connectivity index (χ1n) is 6.93. The van der Waals surface area contributed by atoms with Crippen molar-refractivity contribution in [3.05, 3.63) is 22.2 Å². The van der Waals surface area contributed by atoms with Gasteiger partial charge in [0.25, 0.3) is 0 Å². The van der Waals surface area contributed by atoms with E-state index in [0.717, 1.165) is 40.9 Å². The predicted molar refractivity (Wildman–Crippen MR) is 82.5 cm³/mol. The van der Waals surface area contributed by atoms with E-state index in [1.807, 2.05) is 19.2 Å². The van der Waals surface area contributed by atoms with Crippen LogP contribution >= 0.6 is 15.9 Å². The molecule has 1 saturated heterocycles. The molecule has 20 heavy (non-hydrogen) atoms. The molecule has 1 aliphatic rings. The third-order valence-electron chi connectivity index (χ3n) is 3.40. The molecular weight excluding hydrogens is 322 g/mol. The van der Waals surface area contributed by atoms with Gasteiger partial charge in [-0.1, -0.05) is 0 Å². The minimum atomic E-state index is 0.179. The van der Waals surface area contributed by atoms with Crippen molar-refractivity contribution in [2.45, 2.75) is 38.5 Å². The number of methoxy groups -OCH3 is 1. The highest BCUT2D eigenvalue weighted by Crippen LogP contribution is 2.37. The first-order chi connectivity index (χ1) is 9.63. The molecule has 5 heteroatoms. The molecule has 0 spiro atoms. The van der Waals surface area contributed by atoms with E-state index in [1.165, 1.54) is 0 Å². The average Bonchev–Trinajstić information content (AvgIpc) is 2.83. The van der Waals surface area contributed by atoms with Crippen molar-refractivity contribution >= 4 is 15.9 Å². The van der Waals surface area contributed by atoms with Gasteiger partial charge in [-0.05, 0) is 60.4 Å². The van der Waals surface area contributed by atoms with Crippen LogP contribution in [-0.2, 0) is 11.3 Å². The topological polar surface area (TPSA) is 39.7 Å². The highest BCUT2D eigenvalue weighted by atomic mass is 79.9. The van der Waals surface area contributed by atoms with Gasteiger partial charge in [0.1, 0.15) is 6.61 Å². The summed E-state index contributed by atoms with van der Waals surface area (Å²) in [5.41, 5.74) is 1.15. The van der Waals surface area contributed by atoms with Gasteiger partial charge in [-0.2, -0.15) is 0 Å². The fourth-order valence-corrected chi connectivity index (χ4v) is 3.01. The number of rotatable bonds is 6. The molecule has 112 valence electrons. The van der Waals surface area contributed by atoms with Crippen molar-refractivity contribution in [1.82, 2.24) is 5.32 Å². The second-order valence-electron chi connectivity index (χ2n) is 5.10. The number of benzene rings is 1. The molecule has 0 amide bonds. The summed E-state index contributed by atoms with van der Waals surface area (Å²) in [4.78, 5) is 0. The molecule has 1 aromatic carbocycles. The van der Waals surface area contributed by atoms with Gasteiger partial charge >= 0.3 is 0 Å². The molecule has 1 heterocycles. The fraction of sp³-hybridized carbons (Fsp3) is 0.600. The van der Waals surface area contributed by atoms with Crippen LogP contribution in [0.1, 0.15) is 25.3 Å². The molecular formula is C15H22BrNO3. The Labute approximate surface area is 128 Å². The molecule has 0 saturated carbocycles. The average molecular weight is 344 g/mol. The van der Waals surface area contributed by atoms with Crippen LogP contribution < -0.4 is 14.8 Å². The summed E-state index contributed by atoms with van der Waals surface area (Å²) in [6, 6.07) is 4.04. The van der Waals surface area contributed by atoms with Crippen LogP contribution in [0.25, 0.3) is 0 Å². The zero-order chi connectivity index (χ0) is 14.5. The Bertz CT molecular complexity index is 453. The molecule has 0 bridgehead atoms. The molecule has 4 nitrogen and oxygen atoms in total. The summed E-state index contributed by atoms with van der Waals surface area (Å²) in [6.45, 7) is 3.45. The fourth-order valence-electron chi connectivity index (χ4n) is 2.40. The van der Waals surface area contributed by atoms with Gasteiger partial charge in [0.15, 0.2) is 11.5 Å². The quantitative estimate of drug-likeness (QED) is 0.861. The third-order valence-corrected chi connectivity index (χ3v) is 3.99. The van der Waals surface area contributed by atoms with E-state index in [0.29, 0.717) is 12.7 Å². The molecule has 2 atom stereocenters. The van der Waals surface area contributed by atoms with Crippen LogP contribution in [0.2, 0.25) is 0 Å². The van der Waals surface area contributed by atoms with Crippen LogP contribution in [0.5, 0.6) is 11.5 Å². The van der Waals surface area contributed by atoms with E-state index in [1.54, 1.807) is 7.11 Å². The van der Waals surface area contributed by atoms with Gasteiger partial charge in [-0.25, -0.2) is 0 Å². The maximum absolute atomic E-state index is 5.91. The number of hydrogen-bond acceptors (Lipinski definition) is 4. The van der Waals surface area contributed by atoms with Crippen molar-refractivity contribution in [3.8, 4) is 11.5 Å². The standard InChI is InChI=1S/C15H22BrNO3/c1-10-4-5-12(20-10)9-19-15-13(16)6-11(8-17-2)7-14(15)18-3/h6-7,10,12,17H,4-5,8-9H2,1-3H3. The first kappa shape index (κ1) is 15.6. The van der Waals surface area contributed by atoms with Crippen molar-refractivity contribution < 1.29 is 14.2 Å². The Morgan fingerprint density at radius 3 is 2.80 bits per heavy atom. The van der Waals surface area contributed by atoms with Crippen LogP contribution in [0, 0.1) is 0 Å². The molecule has 2 rings (SSSR count). The van der Waals surface area contributed by atoms with E-state index >= 15 is 0 Å². The van der Waals surface area contributed by atoms with E-state index < -0.39 is 0 Å². The minimum absolute atomic E-state index is 0.179. The molecule has 1 aromatic rings. The second-order valence-corrected chi connectivity index (χ2v) is 5.95. The summed E-state index contributed by atoms with van der Waals surface area (Å²) in [5, 5.41) is 3.13. The Kier molecular flexibility index (Phi) is 5.69. The van der Waals surface area contributed by atoms with Crippen LogP contribution in [0.15, 0.2) is 16.6 Å². The van der Waals surface area contributed by atoms with Gasteiger partial charge in [-0.15, -0.1) is 0 Å². The Morgan fingerprint density at radius 2 is 2.20 bits per heavy atom. The maximum Gasteiger partial charge on any atom is 0.175 e. The van der Waals surface area contributed by atoms with Gasteiger partial charge in [0.2, 0.25) is 0 Å². The lowest BCUT2D eigenvalue weighted by molar-refractivity contribution is 0.0257. The van der Waals surface area contributed by atoms with Crippen molar-refractivity contribution in [3.63, 3.8) is 0 Å². The number of ether oxygens (including phenoxy) is 3. The third kappa shape index (κ3) is 3.87. The molecule has 1 fully saturated rings. The largest absolute Gasteiger partial charge is 0.493 e. The minimum Gasteiger partial charge on any atom is -0.493 e. The zero-order valence-electron chi connectivity index (χ0n) is 12.2. The van der Waals surface area contributed by atoms with E-state index in [-0.39, 0.29) is 6.10 Å². The highest BCUT2D eigenvalue weighted by molar-refractivity contribution is 9.10. The lowest BCUT2D eigenvalue weighted by Gasteiger charge is -2.17. The van der Waals surface area contributed by atoms with Crippen molar-refractivity contribution in [1.29, 1.82) is 0 Å². The first-order valence-corrected chi connectivity index (χ1v) is 7.72. The van der Waals surface area contributed by atoms with E-state index in [4.69, 9.17) is 14.2 Å². The summed E-state index contributed by atoms with van der Waals surface area (Å²) >= 11 is 3.56. The lowest BCUT2D eigenvalue weighted by Crippen LogP contribution is -2.18. The number of nitrogens with one attached hydrogen (secondary N) is 1. The number of hydrogen-bond donors (Lipinski definition) is 1. The van der Waals surface area contributed by atoms with Crippen LogP contribution in [0.3, 0.4) is 0 Å². The summed E-state index contributed by atoms with van der Waals surface area (Å²) in [5.74, 6) is 1.49. The van der Waals surface area contributed by atoms with E-state index in [9.17, 15) is 0 Å². The van der Waals surface area contributed by atoms with Crippen LogP contribution in [0.4, 0.5) is 0 Å². The molecule has 0 aromatic heterocycles. The normalized spacial score (nSPS) is 22.0. The second kappa shape index (κ2) is 7.29. The van der Waals surface area contributed by atoms with Gasteiger partial charge in [-0.3, -0.25) is 0 Å². The Hall–Kier alpha value is -0.780. The van der Waals surface area contributed by atoms with Gasteiger partial charge in [0.05, 0.1) is 23.8 Å². The van der Waals surface area contributed by atoms with Crippen LogP contribution in [-0.4, -0.2) is 33.0 Å². The molecule has 0 aliphatic carbocycles. The van der Waals surface area contributed by atoms with Gasteiger partial charge < -0.3 is 19.5 Å². The van der Waals surface area contributed by atoms with Crippen molar-refractivity contribution in [2.24, 2.45) is 0 Å². The molecule has 1 aliphatic heterocycles. The maximum atomic E-state index is 5.91. The van der Waals surface area contributed by atoms with Gasteiger partial charge in [0, 0.05) is 6.54 Å². The molecule has 0 radical (unpaired) electrons. The van der Waals surface area contributed by atoms with E-state index in [2.05, 4.69) is 28.2 Å². The highest BCUT2D eigenvalue weighted by Gasteiger charge is 2.23. The Balaban J connectivity index is 2.06. The SMILES string of the molecule is CNCc1cc(Br)c(OCC2CCC(C)O2)c(OC)c1. The monoisotopic (exact) mass is 343 g/mol. The lowest BCUT2D eigenvalue weighted by atomic mass is 10.2. The molecule has 2 unspecified atom stereocenters. The smallest absolute Gasteiger partial charge is 0.175 e. The summed E-state index contributed by atoms with van der Waals surface area (Å²) < 4.78 is 18.0. The summed E-state index contributed by atoms with van der Waals surface area (Å²) in [7, 11) is 3.58. The number of halogens is 1. The predicted octanol–water partition coefficient (Wildman–Crippen LogP) is 3.12. The van der Waals surface area contributed by atoms with Crippen molar-refractivity contribution in [2.75, 3.05) is 20.8 Å². The summed E-state index contributed by atoms with van der Waals surface area (Å²) in [6.07, 6.45) is 2.68.